The third-order valence-corrected chi connectivity index (χ3v) is 2.85. The first-order chi connectivity index (χ1) is 9.92. The van der Waals surface area contributed by atoms with Gasteiger partial charge in [-0.3, -0.25) is 4.79 Å². The zero-order chi connectivity index (χ0) is 15.3. The third-order valence-electron chi connectivity index (χ3n) is 2.85. The second kappa shape index (κ2) is 6.75. The Hall–Kier alpha value is -1.83. The van der Waals surface area contributed by atoms with Gasteiger partial charge in [0.15, 0.2) is 6.61 Å². The van der Waals surface area contributed by atoms with E-state index < -0.39 is 12.8 Å². The number of amides is 1. The Morgan fingerprint density at radius 1 is 1.48 bits per heavy atom. The molecule has 0 bridgehead atoms. The summed E-state index contributed by atoms with van der Waals surface area (Å²) in [5.74, 6) is 0.0254. The molecular formula is C13H15F3N2O3. The minimum atomic E-state index is -4.41. The van der Waals surface area contributed by atoms with Gasteiger partial charge in [-0.15, -0.1) is 0 Å². The molecule has 2 rings (SSSR count). The van der Waals surface area contributed by atoms with E-state index in [1.165, 1.54) is 12.3 Å². The zero-order valence-electron chi connectivity index (χ0n) is 11.2. The molecule has 1 aromatic heterocycles. The van der Waals surface area contributed by atoms with E-state index in [0.29, 0.717) is 25.2 Å². The quantitative estimate of drug-likeness (QED) is 0.868. The molecule has 0 atom stereocenters. The van der Waals surface area contributed by atoms with E-state index in [1.807, 2.05) is 0 Å². The Balaban J connectivity index is 1.78. The molecule has 8 heteroatoms. The molecule has 116 valence electrons. The van der Waals surface area contributed by atoms with Crippen molar-refractivity contribution in [2.75, 3.05) is 19.8 Å². The average Bonchev–Trinajstić information content (AvgIpc) is 2.38. The summed E-state index contributed by atoms with van der Waals surface area (Å²) in [6.07, 6.45) is -2.67. The van der Waals surface area contributed by atoms with E-state index in [-0.39, 0.29) is 24.2 Å². The van der Waals surface area contributed by atoms with Gasteiger partial charge in [-0.25, -0.2) is 4.98 Å². The van der Waals surface area contributed by atoms with Crippen molar-refractivity contribution in [3.8, 4) is 5.88 Å². The van der Waals surface area contributed by atoms with Crippen molar-refractivity contribution in [3.63, 3.8) is 0 Å². The summed E-state index contributed by atoms with van der Waals surface area (Å²) in [7, 11) is 0. The molecule has 1 fully saturated rings. The number of carbonyl (C=O) groups excluding carboxylic acids is 1. The lowest BCUT2D eigenvalue weighted by molar-refractivity contribution is -0.154. The molecule has 0 spiro atoms. The molecule has 1 aliphatic rings. The summed E-state index contributed by atoms with van der Waals surface area (Å²) in [5, 5.41) is 2.70. The summed E-state index contributed by atoms with van der Waals surface area (Å²) >= 11 is 0. The van der Waals surface area contributed by atoms with Crippen LogP contribution in [0.2, 0.25) is 0 Å². The molecule has 5 nitrogen and oxygen atoms in total. The zero-order valence-corrected chi connectivity index (χ0v) is 11.2. The first kappa shape index (κ1) is 15.6. The molecule has 2 heterocycles. The highest BCUT2D eigenvalue weighted by Gasteiger charge is 2.28. The summed E-state index contributed by atoms with van der Waals surface area (Å²) in [4.78, 5) is 15.3. The number of aromatic nitrogens is 1. The van der Waals surface area contributed by atoms with Gasteiger partial charge in [0, 0.05) is 31.1 Å². The SMILES string of the molecule is O=C(CC1COC1)NCc1ccnc(OCC(F)(F)F)c1. The summed E-state index contributed by atoms with van der Waals surface area (Å²) < 4.78 is 45.6. The number of rotatable bonds is 6. The Kier molecular flexibility index (Phi) is 5.00. The Morgan fingerprint density at radius 3 is 2.86 bits per heavy atom. The first-order valence-corrected chi connectivity index (χ1v) is 6.41. The highest BCUT2D eigenvalue weighted by Crippen LogP contribution is 2.18. The number of nitrogens with zero attached hydrogens (tertiary/aromatic N) is 1. The molecule has 1 amide bonds. The van der Waals surface area contributed by atoms with E-state index in [1.54, 1.807) is 6.07 Å². The van der Waals surface area contributed by atoms with Crippen LogP contribution in [0.25, 0.3) is 0 Å². The fraction of sp³-hybridized carbons (Fsp3) is 0.538. The van der Waals surface area contributed by atoms with E-state index in [2.05, 4.69) is 15.0 Å². The monoisotopic (exact) mass is 304 g/mol. The van der Waals surface area contributed by atoms with Gasteiger partial charge in [-0.05, 0) is 11.6 Å². The van der Waals surface area contributed by atoms with E-state index in [0.717, 1.165) is 0 Å². The number of alkyl halides is 3. The van der Waals surface area contributed by atoms with Crippen molar-refractivity contribution >= 4 is 5.91 Å². The van der Waals surface area contributed by atoms with Crippen LogP contribution in [0.5, 0.6) is 5.88 Å². The molecule has 1 saturated heterocycles. The van der Waals surface area contributed by atoms with Gasteiger partial charge in [0.1, 0.15) is 0 Å². The van der Waals surface area contributed by atoms with Crippen LogP contribution >= 0.6 is 0 Å². The maximum atomic E-state index is 12.0. The average molecular weight is 304 g/mol. The van der Waals surface area contributed by atoms with Crippen molar-refractivity contribution in [3.05, 3.63) is 23.9 Å². The molecule has 1 aromatic rings. The van der Waals surface area contributed by atoms with Crippen LogP contribution in [-0.2, 0) is 16.1 Å². The molecule has 0 saturated carbocycles. The molecule has 1 aliphatic heterocycles. The predicted octanol–water partition coefficient (Wildman–Crippen LogP) is 1.68. The number of carbonyl (C=O) groups is 1. The number of pyridine rings is 1. The Morgan fingerprint density at radius 2 is 2.24 bits per heavy atom. The van der Waals surface area contributed by atoms with Crippen LogP contribution in [0.15, 0.2) is 18.3 Å². The van der Waals surface area contributed by atoms with E-state index in [4.69, 9.17) is 4.74 Å². The minimum absolute atomic E-state index is 0.113. The van der Waals surface area contributed by atoms with Crippen molar-refractivity contribution in [1.82, 2.24) is 10.3 Å². The normalized spacial score (nSPS) is 15.4. The molecule has 0 aromatic carbocycles. The van der Waals surface area contributed by atoms with Crippen molar-refractivity contribution in [2.45, 2.75) is 19.1 Å². The summed E-state index contributed by atoms with van der Waals surface area (Å²) in [6, 6.07) is 2.98. The van der Waals surface area contributed by atoms with Crippen LogP contribution in [0, 0.1) is 5.92 Å². The van der Waals surface area contributed by atoms with E-state index in [9.17, 15) is 18.0 Å². The number of hydrogen-bond acceptors (Lipinski definition) is 4. The minimum Gasteiger partial charge on any atom is -0.468 e. The Bertz CT molecular complexity index is 490. The molecule has 1 N–H and O–H groups in total. The molecule has 0 aliphatic carbocycles. The first-order valence-electron chi connectivity index (χ1n) is 6.41. The lowest BCUT2D eigenvalue weighted by Crippen LogP contribution is -2.34. The van der Waals surface area contributed by atoms with Crippen molar-refractivity contribution in [2.24, 2.45) is 5.92 Å². The summed E-state index contributed by atoms with van der Waals surface area (Å²) in [6.45, 7) is 0.0189. The fourth-order valence-corrected chi connectivity index (χ4v) is 1.73. The van der Waals surface area contributed by atoms with Gasteiger partial charge in [0.05, 0.1) is 13.2 Å². The predicted molar refractivity (Wildman–Crippen MR) is 66.6 cm³/mol. The van der Waals surface area contributed by atoms with Gasteiger partial charge >= 0.3 is 6.18 Å². The summed E-state index contributed by atoms with van der Waals surface area (Å²) in [5.41, 5.74) is 0.625. The second-order valence-corrected chi connectivity index (χ2v) is 4.79. The topological polar surface area (TPSA) is 60.5 Å². The third kappa shape index (κ3) is 5.58. The van der Waals surface area contributed by atoms with Crippen molar-refractivity contribution < 1.29 is 27.4 Å². The molecular weight excluding hydrogens is 289 g/mol. The standard InChI is InChI=1S/C13H15F3N2O3/c14-13(15,16)8-21-12-4-9(1-2-17-12)5-18-11(19)3-10-6-20-7-10/h1-2,4,10H,3,5-8H2,(H,18,19). The Labute approximate surface area is 119 Å². The highest BCUT2D eigenvalue weighted by atomic mass is 19.4. The van der Waals surface area contributed by atoms with Crippen LogP contribution in [0.1, 0.15) is 12.0 Å². The molecule has 0 radical (unpaired) electrons. The maximum absolute atomic E-state index is 12.0. The second-order valence-electron chi connectivity index (χ2n) is 4.79. The lowest BCUT2D eigenvalue weighted by atomic mass is 10.0. The number of hydrogen-bond donors (Lipinski definition) is 1. The van der Waals surface area contributed by atoms with Gasteiger partial charge in [-0.2, -0.15) is 13.2 Å². The maximum Gasteiger partial charge on any atom is 0.422 e. The van der Waals surface area contributed by atoms with Gasteiger partial charge < -0.3 is 14.8 Å². The van der Waals surface area contributed by atoms with Crippen LogP contribution in [-0.4, -0.2) is 36.9 Å². The van der Waals surface area contributed by atoms with E-state index >= 15 is 0 Å². The van der Waals surface area contributed by atoms with Crippen LogP contribution in [0.4, 0.5) is 13.2 Å². The van der Waals surface area contributed by atoms with Crippen molar-refractivity contribution in [1.29, 1.82) is 0 Å². The molecule has 21 heavy (non-hydrogen) atoms. The van der Waals surface area contributed by atoms with Crippen LogP contribution < -0.4 is 10.1 Å². The number of ether oxygens (including phenoxy) is 2. The van der Waals surface area contributed by atoms with Crippen LogP contribution in [0.3, 0.4) is 0 Å². The number of halogens is 3. The smallest absolute Gasteiger partial charge is 0.422 e. The number of nitrogens with one attached hydrogen (secondary N) is 1. The highest BCUT2D eigenvalue weighted by molar-refractivity contribution is 5.76. The van der Waals surface area contributed by atoms with Gasteiger partial charge in [0.25, 0.3) is 0 Å². The van der Waals surface area contributed by atoms with Gasteiger partial charge in [-0.1, -0.05) is 0 Å². The van der Waals surface area contributed by atoms with Gasteiger partial charge in [0.2, 0.25) is 11.8 Å². The molecule has 0 unspecified atom stereocenters. The lowest BCUT2D eigenvalue weighted by Gasteiger charge is -2.25. The fourth-order valence-electron chi connectivity index (χ4n) is 1.73. The largest absolute Gasteiger partial charge is 0.468 e.